The van der Waals surface area contributed by atoms with E-state index in [4.69, 9.17) is 10.2 Å². The minimum absolute atomic E-state index is 0.212. The maximum absolute atomic E-state index is 11.7. The van der Waals surface area contributed by atoms with Crippen LogP contribution in [0.15, 0.2) is 28.9 Å². The van der Waals surface area contributed by atoms with Crippen molar-refractivity contribution >= 4 is 23.8 Å². The van der Waals surface area contributed by atoms with E-state index < -0.39 is 23.8 Å². The van der Waals surface area contributed by atoms with Gasteiger partial charge in [0, 0.05) is 6.08 Å². The lowest BCUT2D eigenvalue weighted by Crippen LogP contribution is -2.48. The van der Waals surface area contributed by atoms with Crippen LogP contribution in [0.2, 0.25) is 0 Å². The summed E-state index contributed by atoms with van der Waals surface area (Å²) in [5, 5.41) is 4.91. The highest BCUT2D eigenvalue weighted by Gasteiger charge is 2.19. The summed E-state index contributed by atoms with van der Waals surface area (Å²) in [7, 11) is 0. The van der Waals surface area contributed by atoms with Gasteiger partial charge in [0.15, 0.2) is 0 Å². The van der Waals surface area contributed by atoms with Crippen LogP contribution in [0.3, 0.4) is 0 Å². The molecule has 0 radical (unpaired) electrons. The number of nitrogens with one attached hydrogen (secondary N) is 2. The van der Waals surface area contributed by atoms with Crippen LogP contribution in [0, 0.1) is 5.92 Å². The third kappa shape index (κ3) is 6.74. The molecule has 0 aliphatic rings. The zero-order valence-electron chi connectivity index (χ0n) is 12.7. The molecule has 22 heavy (non-hydrogen) atoms. The molecule has 0 saturated heterocycles. The van der Waals surface area contributed by atoms with Crippen LogP contribution in [-0.4, -0.2) is 30.3 Å². The summed E-state index contributed by atoms with van der Waals surface area (Å²) in [6, 6.07) is 2.66. The molecule has 7 heteroatoms. The van der Waals surface area contributed by atoms with Crippen molar-refractivity contribution in [3.05, 3.63) is 30.2 Å². The Morgan fingerprint density at radius 3 is 2.64 bits per heavy atom. The van der Waals surface area contributed by atoms with Gasteiger partial charge in [-0.2, -0.15) is 0 Å². The Bertz CT molecular complexity index is 535. The summed E-state index contributed by atoms with van der Waals surface area (Å²) in [6.45, 7) is 3.61. The second-order valence-corrected chi connectivity index (χ2v) is 5.22. The highest BCUT2D eigenvalue weighted by Crippen LogP contribution is 2.04. The molecule has 0 aliphatic carbocycles. The third-order valence-corrected chi connectivity index (χ3v) is 2.75. The fraction of sp³-hybridized carbons (Fsp3) is 0.400. The van der Waals surface area contributed by atoms with E-state index in [1.54, 1.807) is 12.1 Å². The van der Waals surface area contributed by atoms with Gasteiger partial charge in [0.2, 0.25) is 17.7 Å². The monoisotopic (exact) mass is 307 g/mol. The van der Waals surface area contributed by atoms with Crippen LogP contribution < -0.4 is 16.4 Å². The van der Waals surface area contributed by atoms with Crippen molar-refractivity contribution in [2.24, 2.45) is 11.7 Å². The van der Waals surface area contributed by atoms with E-state index in [9.17, 15) is 14.4 Å². The highest BCUT2D eigenvalue weighted by molar-refractivity contribution is 5.94. The first-order valence-corrected chi connectivity index (χ1v) is 6.96. The molecule has 7 nitrogen and oxygen atoms in total. The summed E-state index contributed by atoms with van der Waals surface area (Å²) >= 11 is 0. The van der Waals surface area contributed by atoms with Gasteiger partial charge in [-0.15, -0.1) is 0 Å². The molecule has 1 heterocycles. The Kier molecular flexibility index (Phi) is 6.88. The van der Waals surface area contributed by atoms with Crippen LogP contribution in [-0.2, 0) is 14.4 Å². The van der Waals surface area contributed by atoms with E-state index in [2.05, 4.69) is 10.6 Å². The predicted octanol–water partition coefficient (Wildman–Crippen LogP) is 0.425. The van der Waals surface area contributed by atoms with Gasteiger partial charge in [0.1, 0.15) is 11.8 Å². The second-order valence-electron chi connectivity index (χ2n) is 5.22. The Morgan fingerprint density at radius 1 is 1.36 bits per heavy atom. The van der Waals surface area contributed by atoms with Crippen molar-refractivity contribution in [1.29, 1.82) is 0 Å². The first kappa shape index (κ1) is 17.5. The molecular weight excluding hydrogens is 286 g/mol. The molecule has 120 valence electrons. The van der Waals surface area contributed by atoms with Crippen LogP contribution in [0.5, 0.6) is 0 Å². The normalized spacial score (nSPS) is 12.3. The number of furan rings is 1. The van der Waals surface area contributed by atoms with Crippen molar-refractivity contribution in [2.75, 3.05) is 6.54 Å². The van der Waals surface area contributed by atoms with Gasteiger partial charge in [-0.05, 0) is 30.5 Å². The minimum atomic E-state index is -0.733. The maximum Gasteiger partial charge on any atom is 0.244 e. The molecule has 1 aromatic heterocycles. The third-order valence-electron chi connectivity index (χ3n) is 2.75. The lowest BCUT2D eigenvalue weighted by atomic mass is 10.0. The van der Waals surface area contributed by atoms with Gasteiger partial charge in [-0.1, -0.05) is 13.8 Å². The number of hydrogen-bond donors (Lipinski definition) is 3. The van der Waals surface area contributed by atoms with Crippen molar-refractivity contribution in [2.45, 2.75) is 26.3 Å². The van der Waals surface area contributed by atoms with E-state index in [0.29, 0.717) is 12.2 Å². The van der Waals surface area contributed by atoms with Crippen molar-refractivity contribution in [3.8, 4) is 0 Å². The van der Waals surface area contributed by atoms with E-state index in [1.807, 2.05) is 13.8 Å². The summed E-state index contributed by atoms with van der Waals surface area (Å²) in [6.07, 6.45) is 4.68. The molecule has 0 aliphatic heterocycles. The number of carbonyl (C=O) groups is 3. The van der Waals surface area contributed by atoms with Crippen molar-refractivity contribution < 1.29 is 18.8 Å². The van der Waals surface area contributed by atoms with E-state index >= 15 is 0 Å². The van der Waals surface area contributed by atoms with Gasteiger partial charge in [-0.25, -0.2) is 0 Å². The molecule has 0 unspecified atom stereocenters. The second kappa shape index (κ2) is 8.66. The van der Waals surface area contributed by atoms with E-state index in [-0.39, 0.29) is 12.5 Å². The Morgan fingerprint density at radius 2 is 2.09 bits per heavy atom. The van der Waals surface area contributed by atoms with Gasteiger partial charge in [0.05, 0.1) is 12.8 Å². The van der Waals surface area contributed by atoms with Crippen LogP contribution in [0.4, 0.5) is 0 Å². The molecule has 4 N–H and O–H groups in total. The molecule has 1 aromatic rings. The quantitative estimate of drug-likeness (QED) is 0.604. The molecule has 0 spiro atoms. The van der Waals surface area contributed by atoms with E-state index in [1.165, 1.54) is 18.4 Å². The number of nitrogens with two attached hydrogens (primary N) is 1. The number of primary amides is 1. The smallest absolute Gasteiger partial charge is 0.244 e. The molecular formula is C15H21N3O4. The number of hydrogen-bond acceptors (Lipinski definition) is 4. The average Bonchev–Trinajstić information content (AvgIpc) is 2.94. The predicted molar refractivity (Wildman–Crippen MR) is 81.3 cm³/mol. The largest absolute Gasteiger partial charge is 0.465 e. The zero-order valence-corrected chi connectivity index (χ0v) is 12.7. The molecule has 1 atom stereocenters. The van der Waals surface area contributed by atoms with Gasteiger partial charge in [-0.3, -0.25) is 14.4 Å². The Hall–Kier alpha value is -2.57. The lowest BCUT2D eigenvalue weighted by Gasteiger charge is -2.17. The standard InChI is InChI=1S/C15H21N3O4/c1-10(2)8-12(15(16)21)18-14(20)9-17-13(19)6-5-11-4-3-7-22-11/h3-7,10,12H,8-9H2,1-2H3,(H2,16,21)(H,17,19)(H,18,20)/b6-5+/t12-/m1/s1. The van der Waals surface area contributed by atoms with E-state index in [0.717, 1.165) is 0 Å². The first-order valence-electron chi connectivity index (χ1n) is 6.96. The maximum atomic E-state index is 11.7. The summed E-state index contributed by atoms with van der Waals surface area (Å²) in [5.41, 5.74) is 5.23. The fourth-order valence-electron chi connectivity index (χ4n) is 1.73. The molecule has 3 amide bonds. The van der Waals surface area contributed by atoms with Crippen LogP contribution in [0.1, 0.15) is 26.0 Å². The Balaban J connectivity index is 2.38. The SMILES string of the molecule is CC(C)C[C@@H](NC(=O)CNC(=O)/C=C/c1ccco1)C(N)=O. The topological polar surface area (TPSA) is 114 Å². The zero-order chi connectivity index (χ0) is 16.5. The van der Waals surface area contributed by atoms with Gasteiger partial charge < -0.3 is 20.8 Å². The number of amides is 3. The molecule has 1 rings (SSSR count). The number of rotatable bonds is 8. The summed E-state index contributed by atoms with van der Waals surface area (Å²) < 4.78 is 5.03. The number of carbonyl (C=O) groups excluding carboxylic acids is 3. The van der Waals surface area contributed by atoms with Crippen molar-refractivity contribution in [3.63, 3.8) is 0 Å². The van der Waals surface area contributed by atoms with Gasteiger partial charge in [0.25, 0.3) is 0 Å². The average molecular weight is 307 g/mol. The highest BCUT2D eigenvalue weighted by atomic mass is 16.3. The van der Waals surface area contributed by atoms with Crippen LogP contribution >= 0.6 is 0 Å². The first-order chi connectivity index (χ1) is 10.4. The molecule has 0 bridgehead atoms. The molecule has 0 saturated carbocycles. The summed E-state index contributed by atoms with van der Waals surface area (Å²) in [5.74, 6) is -0.754. The van der Waals surface area contributed by atoms with Crippen LogP contribution in [0.25, 0.3) is 6.08 Å². The minimum Gasteiger partial charge on any atom is -0.465 e. The van der Waals surface area contributed by atoms with Gasteiger partial charge >= 0.3 is 0 Å². The summed E-state index contributed by atoms with van der Waals surface area (Å²) in [4.78, 5) is 34.5. The fourth-order valence-corrected chi connectivity index (χ4v) is 1.73. The molecule has 0 aromatic carbocycles. The Labute approximate surface area is 128 Å². The molecule has 0 fully saturated rings. The van der Waals surface area contributed by atoms with Crippen molar-refractivity contribution in [1.82, 2.24) is 10.6 Å². The lowest BCUT2D eigenvalue weighted by molar-refractivity contribution is -0.128.